The number of carbonyl (C=O) groups is 1. The highest BCUT2D eigenvalue weighted by molar-refractivity contribution is 6.02. The number of aryl methyl sites for hydroxylation is 3. The lowest BCUT2D eigenvalue weighted by Crippen LogP contribution is -2.29. The highest BCUT2D eigenvalue weighted by Crippen LogP contribution is 2.39. The summed E-state index contributed by atoms with van der Waals surface area (Å²) in [4.78, 5) is 26.3. The number of likely N-dealkylation sites (N-methyl/N-ethyl adjacent to an activating group) is 2. The van der Waals surface area contributed by atoms with Crippen LogP contribution in [0.1, 0.15) is 30.9 Å². The number of methoxy groups -OCH3 is 1. The highest BCUT2D eigenvalue weighted by Gasteiger charge is 2.21. The van der Waals surface area contributed by atoms with E-state index in [1.165, 1.54) is 22.5 Å². The van der Waals surface area contributed by atoms with Crippen molar-refractivity contribution < 1.29 is 14.6 Å². The van der Waals surface area contributed by atoms with E-state index >= 15 is 0 Å². The summed E-state index contributed by atoms with van der Waals surface area (Å²) in [6, 6.07) is 10.2. The first-order valence-electron chi connectivity index (χ1n) is 15.1. The van der Waals surface area contributed by atoms with E-state index in [1.807, 2.05) is 39.5 Å². The van der Waals surface area contributed by atoms with Gasteiger partial charge in [0.2, 0.25) is 11.9 Å². The average molecular weight is 598 g/mol. The van der Waals surface area contributed by atoms with Crippen LogP contribution >= 0.6 is 0 Å². The molecule has 2 aromatic carbocycles. The first-order chi connectivity index (χ1) is 21.2. The third-order valence-electron chi connectivity index (χ3n) is 8.08. The van der Waals surface area contributed by atoms with Crippen LogP contribution in [-0.4, -0.2) is 77.9 Å². The Kier molecular flexibility index (Phi) is 9.51. The van der Waals surface area contributed by atoms with Crippen molar-refractivity contribution in [3.8, 4) is 17.0 Å². The summed E-state index contributed by atoms with van der Waals surface area (Å²) < 4.78 is 8.13. The molecular weight excluding hydrogens is 554 g/mol. The molecule has 0 bridgehead atoms. The van der Waals surface area contributed by atoms with Crippen LogP contribution in [0, 0.1) is 0 Å². The van der Waals surface area contributed by atoms with Gasteiger partial charge in [0, 0.05) is 56.1 Å². The Morgan fingerprint density at radius 1 is 1.23 bits per heavy atom. The fourth-order valence-corrected chi connectivity index (χ4v) is 5.72. The van der Waals surface area contributed by atoms with Gasteiger partial charge in [-0.1, -0.05) is 24.8 Å². The van der Waals surface area contributed by atoms with Gasteiger partial charge in [-0.15, -0.1) is 0 Å². The number of amides is 1. The minimum atomic E-state index is -0.432. The molecule has 3 heterocycles. The molecule has 232 valence electrons. The number of nitrogens with zero attached hydrogens (tertiary/aromatic N) is 5. The van der Waals surface area contributed by atoms with E-state index in [2.05, 4.69) is 61.0 Å². The predicted molar refractivity (Wildman–Crippen MR) is 178 cm³/mol. The van der Waals surface area contributed by atoms with Crippen molar-refractivity contribution in [2.45, 2.75) is 45.3 Å². The number of benzene rings is 2. The molecule has 10 heteroatoms. The Bertz CT molecular complexity index is 1660. The fourth-order valence-electron chi connectivity index (χ4n) is 5.72. The predicted octanol–water partition coefficient (Wildman–Crippen LogP) is 5.23. The molecule has 0 aliphatic carbocycles. The maximum atomic E-state index is 12.4. The molecule has 0 saturated heterocycles. The number of para-hydroxylation sites is 1. The highest BCUT2D eigenvalue weighted by atomic mass is 16.5. The van der Waals surface area contributed by atoms with Gasteiger partial charge >= 0.3 is 0 Å². The van der Waals surface area contributed by atoms with Gasteiger partial charge in [0.1, 0.15) is 5.75 Å². The number of carbonyl (C=O) groups excluding carboxylic acids is 1. The number of aromatic nitrogens is 3. The number of hydrogen-bond acceptors (Lipinski definition) is 8. The number of nitrogens with one attached hydrogen (secondary N) is 2. The zero-order valence-corrected chi connectivity index (χ0v) is 26.4. The summed E-state index contributed by atoms with van der Waals surface area (Å²) in [5, 5.41) is 17.5. The molecule has 0 spiro atoms. The van der Waals surface area contributed by atoms with Crippen molar-refractivity contribution in [1.82, 2.24) is 19.4 Å². The number of rotatable bonds is 13. The summed E-state index contributed by atoms with van der Waals surface area (Å²) in [6.07, 6.45) is 8.29. The van der Waals surface area contributed by atoms with Crippen molar-refractivity contribution in [1.29, 1.82) is 0 Å². The Morgan fingerprint density at radius 3 is 2.77 bits per heavy atom. The van der Waals surface area contributed by atoms with Crippen LogP contribution in [0.2, 0.25) is 0 Å². The molecule has 44 heavy (non-hydrogen) atoms. The molecule has 0 radical (unpaired) electrons. The minimum absolute atomic E-state index is 0.308. The summed E-state index contributed by atoms with van der Waals surface area (Å²) in [6.45, 7) is 7.97. The van der Waals surface area contributed by atoms with Gasteiger partial charge in [0.25, 0.3) is 0 Å². The SMILES string of the molecule is C=CC(=O)Nc1cc(Nc2ncc(CCC(C)O)c(-c3cn4c5c(cccc35)CCC4)n2)c(OC)cc1N(C)CCN(C)C. The maximum absolute atomic E-state index is 12.4. The van der Waals surface area contributed by atoms with Crippen LogP contribution in [0.25, 0.3) is 22.2 Å². The van der Waals surface area contributed by atoms with Crippen molar-refractivity contribution in [3.05, 3.63) is 66.5 Å². The normalized spacial score (nSPS) is 13.2. The van der Waals surface area contributed by atoms with Gasteiger partial charge in [-0.3, -0.25) is 4.79 Å². The lowest BCUT2D eigenvalue weighted by Gasteiger charge is -2.26. The molecule has 1 atom stereocenters. The van der Waals surface area contributed by atoms with Crippen molar-refractivity contribution in [2.24, 2.45) is 0 Å². The van der Waals surface area contributed by atoms with Crippen LogP contribution in [-0.2, 0) is 24.2 Å². The van der Waals surface area contributed by atoms with Gasteiger partial charge < -0.3 is 34.8 Å². The van der Waals surface area contributed by atoms with Gasteiger partial charge in [0.15, 0.2) is 0 Å². The number of hydrogen-bond donors (Lipinski definition) is 3. The summed E-state index contributed by atoms with van der Waals surface area (Å²) >= 11 is 0. The van der Waals surface area contributed by atoms with Crippen LogP contribution in [0.3, 0.4) is 0 Å². The molecule has 1 unspecified atom stereocenters. The van der Waals surface area contributed by atoms with Crippen LogP contribution < -0.4 is 20.3 Å². The smallest absolute Gasteiger partial charge is 0.247 e. The lowest BCUT2D eigenvalue weighted by molar-refractivity contribution is -0.111. The molecule has 0 saturated carbocycles. The van der Waals surface area contributed by atoms with E-state index in [0.29, 0.717) is 35.9 Å². The quantitative estimate of drug-likeness (QED) is 0.180. The molecular formula is C34H43N7O3. The van der Waals surface area contributed by atoms with Gasteiger partial charge in [-0.05, 0) is 70.0 Å². The zero-order chi connectivity index (χ0) is 31.4. The molecule has 4 aromatic rings. The topological polar surface area (TPSA) is 108 Å². The summed E-state index contributed by atoms with van der Waals surface area (Å²) in [5.41, 5.74) is 7.53. The average Bonchev–Trinajstić information content (AvgIpc) is 3.39. The molecule has 10 nitrogen and oxygen atoms in total. The molecule has 1 amide bonds. The molecule has 2 aromatic heterocycles. The number of aliphatic hydroxyl groups excluding tert-OH is 1. The van der Waals surface area contributed by atoms with E-state index in [4.69, 9.17) is 9.72 Å². The molecule has 3 N–H and O–H groups in total. The van der Waals surface area contributed by atoms with E-state index in [-0.39, 0.29) is 5.91 Å². The second kappa shape index (κ2) is 13.5. The minimum Gasteiger partial charge on any atom is -0.494 e. The molecule has 1 aliphatic rings. The Balaban J connectivity index is 1.57. The molecule has 0 fully saturated rings. The fraction of sp³-hybridized carbons (Fsp3) is 0.382. The van der Waals surface area contributed by atoms with Crippen LogP contribution in [0.15, 0.2) is 55.4 Å². The maximum Gasteiger partial charge on any atom is 0.247 e. The van der Waals surface area contributed by atoms with Gasteiger partial charge in [-0.2, -0.15) is 0 Å². The van der Waals surface area contributed by atoms with Crippen molar-refractivity contribution in [3.63, 3.8) is 0 Å². The van der Waals surface area contributed by atoms with E-state index in [0.717, 1.165) is 55.0 Å². The third-order valence-corrected chi connectivity index (χ3v) is 8.08. The second-order valence-electron chi connectivity index (χ2n) is 11.7. The van der Waals surface area contributed by atoms with E-state index in [1.54, 1.807) is 14.0 Å². The van der Waals surface area contributed by atoms with Crippen molar-refractivity contribution >= 4 is 39.8 Å². The second-order valence-corrected chi connectivity index (χ2v) is 11.7. The van der Waals surface area contributed by atoms with E-state index in [9.17, 15) is 9.90 Å². The van der Waals surface area contributed by atoms with Gasteiger partial charge in [0.05, 0.1) is 41.5 Å². The van der Waals surface area contributed by atoms with E-state index < -0.39 is 6.10 Å². The first kappa shape index (κ1) is 31.0. The summed E-state index contributed by atoms with van der Waals surface area (Å²) in [7, 11) is 7.65. The van der Waals surface area contributed by atoms with Crippen LogP contribution in [0.4, 0.5) is 23.0 Å². The standard InChI is InChI=1S/C34H43N7O3/c1-7-31(43)36-27-18-28(30(44-6)19-29(27)40(5)17-16-39(3)4)37-34-35-20-24(14-13-22(2)42)32(38-34)26-21-41-15-9-11-23-10-8-12-25(26)33(23)41/h7-8,10,12,18-22,42H,1,9,11,13-17H2,2-6H3,(H,36,43)(H,35,37,38). The summed E-state index contributed by atoms with van der Waals surface area (Å²) in [5.74, 6) is 0.682. The zero-order valence-electron chi connectivity index (χ0n) is 26.4. The first-order valence-corrected chi connectivity index (χ1v) is 15.1. The van der Waals surface area contributed by atoms with Crippen molar-refractivity contribution in [2.75, 3.05) is 56.9 Å². The number of anilines is 4. The Morgan fingerprint density at radius 2 is 2.05 bits per heavy atom. The Labute approximate surface area is 259 Å². The monoisotopic (exact) mass is 597 g/mol. The largest absolute Gasteiger partial charge is 0.494 e. The Hall–Kier alpha value is -4.41. The lowest BCUT2D eigenvalue weighted by atomic mass is 9.99. The molecule has 1 aliphatic heterocycles. The molecule has 5 rings (SSSR count). The van der Waals surface area contributed by atoms with Gasteiger partial charge in [-0.25, -0.2) is 9.97 Å². The third kappa shape index (κ3) is 6.71. The number of ether oxygens (including phenoxy) is 1. The number of aliphatic hydroxyl groups is 1. The van der Waals surface area contributed by atoms with Crippen LogP contribution in [0.5, 0.6) is 5.75 Å².